The van der Waals surface area contributed by atoms with E-state index in [0.29, 0.717) is 5.52 Å². The van der Waals surface area contributed by atoms with Crippen LogP contribution in [-0.2, 0) is 11.3 Å². The minimum atomic E-state index is -0.962. The predicted molar refractivity (Wildman–Crippen MR) is 79.6 cm³/mol. The summed E-state index contributed by atoms with van der Waals surface area (Å²) >= 11 is 5.10. The summed E-state index contributed by atoms with van der Waals surface area (Å²) in [6.45, 7) is 5.80. The Morgan fingerprint density at radius 1 is 1.38 bits per heavy atom. The molecule has 1 aromatic heterocycles. The van der Waals surface area contributed by atoms with E-state index >= 15 is 0 Å². The average Bonchev–Trinajstić information content (AvgIpc) is 2.66. The fraction of sp³-hybridized carbons (Fsp3) is 0.429. The minimum Gasteiger partial charge on any atom is -0.351 e. The molecule has 2 N–H and O–H groups in total. The van der Waals surface area contributed by atoms with Gasteiger partial charge in [-0.15, -0.1) is 0 Å². The van der Waals surface area contributed by atoms with Crippen LogP contribution in [-0.4, -0.2) is 21.0 Å². The summed E-state index contributed by atoms with van der Waals surface area (Å²) in [7, 11) is 0. The van der Waals surface area contributed by atoms with Gasteiger partial charge in [0.25, 0.3) is 0 Å². The Morgan fingerprint density at radius 3 is 2.67 bits per heavy atom. The molecule has 0 aliphatic carbocycles. The number of carbonyl (C=O) groups excluding carboxylic acids is 1. The summed E-state index contributed by atoms with van der Waals surface area (Å²) in [5.74, 6) is -2.07. The third-order valence-electron chi connectivity index (χ3n) is 2.90. The van der Waals surface area contributed by atoms with E-state index in [-0.39, 0.29) is 34.7 Å². The van der Waals surface area contributed by atoms with Crippen molar-refractivity contribution >= 4 is 29.2 Å². The van der Waals surface area contributed by atoms with Gasteiger partial charge in [-0.2, -0.15) is 0 Å². The first-order valence-corrected chi connectivity index (χ1v) is 6.97. The second kappa shape index (κ2) is 5.55. The smallest absolute Gasteiger partial charge is 0.222 e. The number of rotatable bonds is 3. The molecule has 2 rings (SSSR count). The Morgan fingerprint density at radius 2 is 2.05 bits per heavy atom. The fourth-order valence-electron chi connectivity index (χ4n) is 2.10. The Bertz CT molecular complexity index is 743. The third-order valence-corrected chi connectivity index (χ3v) is 3.23. The molecule has 0 radical (unpaired) electrons. The standard InChI is InChI=1S/C14H17F2N3OS/c1-14(2,3)18-10(20)6-7-19-12-9(17-13(19)21)5-4-8(15)11(12)16/h4-5H,6-7H2,1-3H3,(H,17,21)(H,18,20). The summed E-state index contributed by atoms with van der Waals surface area (Å²) in [6.07, 6.45) is 0.133. The number of fused-ring (bicyclic) bond motifs is 1. The second-order valence-corrected chi connectivity index (χ2v) is 6.27. The van der Waals surface area contributed by atoms with Crippen LogP contribution in [0.15, 0.2) is 12.1 Å². The van der Waals surface area contributed by atoms with E-state index in [9.17, 15) is 13.6 Å². The van der Waals surface area contributed by atoms with E-state index in [2.05, 4.69) is 10.3 Å². The lowest BCUT2D eigenvalue weighted by molar-refractivity contribution is -0.122. The molecule has 0 atom stereocenters. The zero-order valence-electron chi connectivity index (χ0n) is 12.1. The van der Waals surface area contributed by atoms with Gasteiger partial charge in [0.15, 0.2) is 16.4 Å². The highest BCUT2D eigenvalue weighted by Gasteiger charge is 2.16. The van der Waals surface area contributed by atoms with E-state index in [1.165, 1.54) is 10.6 Å². The molecule has 0 spiro atoms. The number of nitrogens with one attached hydrogen (secondary N) is 2. The zero-order valence-corrected chi connectivity index (χ0v) is 12.9. The molecule has 1 heterocycles. The van der Waals surface area contributed by atoms with Crippen molar-refractivity contribution in [2.24, 2.45) is 0 Å². The number of aromatic amines is 1. The zero-order chi connectivity index (χ0) is 15.8. The normalized spacial score (nSPS) is 11.9. The van der Waals surface area contributed by atoms with Crippen molar-refractivity contribution in [3.05, 3.63) is 28.5 Å². The van der Waals surface area contributed by atoms with E-state index in [1.807, 2.05) is 20.8 Å². The number of hydrogen-bond acceptors (Lipinski definition) is 2. The first-order valence-electron chi connectivity index (χ1n) is 6.56. The molecule has 0 aliphatic rings. The van der Waals surface area contributed by atoms with Crippen LogP contribution in [0.5, 0.6) is 0 Å². The van der Waals surface area contributed by atoms with Gasteiger partial charge in [0.05, 0.1) is 5.52 Å². The van der Waals surface area contributed by atoms with Gasteiger partial charge in [-0.25, -0.2) is 8.78 Å². The quantitative estimate of drug-likeness (QED) is 0.854. The summed E-state index contributed by atoms with van der Waals surface area (Å²) in [6, 6.07) is 2.47. The molecule has 0 unspecified atom stereocenters. The van der Waals surface area contributed by atoms with Gasteiger partial charge in [-0.3, -0.25) is 4.79 Å². The number of halogens is 2. The maximum atomic E-state index is 13.9. The first kappa shape index (κ1) is 15.6. The lowest BCUT2D eigenvalue weighted by Gasteiger charge is -2.20. The van der Waals surface area contributed by atoms with Gasteiger partial charge >= 0.3 is 0 Å². The molecule has 4 nitrogen and oxygen atoms in total. The Balaban J connectivity index is 2.27. The molecule has 0 aliphatic heterocycles. The second-order valence-electron chi connectivity index (χ2n) is 5.89. The van der Waals surface area contributed by atoms with Crippen LogP contribution in [0.3, 0.4) is 0 Å². The highest BCUT2D eigenvalue weighted by atomic mass is 32.1. The van der Waals surface area contributed by atoms with E-state index in [1.54, 1.807) is 0 Å². The Kier molecular flexibility index (Phi) is 4.13. The van der Waals surface area contributed by atoms with Crippen molar-refractivity contribution in [1.82, 2.24) is 14.9 Å². The predicted octanol–water partition coefficient (Wildman–Crippen LogP) is 3.28. The lowest BCUT2D eigenvalue weighted by atomic mass is 10.1. The summed E-state index contributed by atoms with van der Waals surface area (Å²) < 4.78 is 28.9. The number of hydrogen-bond donors (Lipinski definition) is 2. The number of imidazole rings is 1. The summed E-state index contributed by atoms with van der Waals surface area (Å²) in [5, 5.41) is 2.81. The molecule has 0 fully saturated rings. The van der Waals surface area contributed by atoms with E-state index < -0.39 is 11.6 Å². The number of H-pyrrole nitrogens is 1. The lowest BCUT2D eigenvalue weighted by Crippen LogP contribution is -2.40. The Hall–Kier alpha value is -1.76. The largest absolute Gasteiger partial charge is 0.351 e. The molecule has 7 heteroatoms. The van der Waals surface area contributed by atoms with Crippen molar-refractivity contribution < 1.29 is 13.6 Å². The van der Waals surface area contributed by atoms with Crippen LogP contribution >= 0.6 is 12.2 Å². The molecule has 21 heavy (non-hydrogen) atoms. The van der Waals surface area contributed by atoms with Crippen molar-refractivity contribution in [2.75, 3.05) is 0 Å². The third kappa shape index (κ3) is 3.47. The van der Waals surface area contributed by atoms with Gasteiger partial charge in [0.2, 0.25) is 5.91 Å². The highest BCUT2D eigenvalue weighted by molar-refractivity contribution is 7.71. The molecule has 1 aromatic carbocycles. The van der Waals surface area contributed by atoms with Crippen molar-refractivity contribution in [3.8, 4) is 0 Å². The van der Waals surface area contributed by atoms with E-state index in [4.69, 9.17) is 12.2 Å². The van der Waals surface area contributed by atoms with Crippen LogP contribution in [0.4, 0.5) is 8.78 Å². The number of benzene rings is 1. The molecule has 2 aromatic rings. The first-order chi connectivity index (χ1) is 9.69. The molecule has 1 amide bonds. The van der Waals surface area contributed by atoms with Crippen LogP contribution < -0.4 is 5.32 Å². The number of amides is 1. The molecule has 114 valence electrons. The number of nitrogens with zero attached hydrogens (tertiary/aromatic N) is 1. The summed E-state index contributed by atoms with van der Waals surface area (Å²) in [4.78, 5) is 14.6. The van der Waals surface area contributed by atoms with E-state index in [0.717, 1.165) is 6.07 Å². The topological polar surface area (TPSA) is 49.8 Å². The van der Waals surface area contributed by atoms with Crippen molar-refractivity contribution in [2.45, 2.75) is 39.3 Å². The SMILES string of the molecule is CC(C)(C)NC(=O)CCn1c(=S)[nH]c2ccc(F)c(F)c21. The molecule has 0 bridgehead atoms. The number of aromatic nitrogens is 2. The van der Waals surface area contributed by atoms with Crippen LogP contribution in [0, 0.1) is 16.4 Å². The molecule has 0 saturated heterocycles. The summed E-state index contributed by atoms with van der Waals surface area (Å²) in [5.41, 5.74) is 0.134. The van der Waals surface area contributed by atoms with Crippen LogP contribution in [0.2, 0.25) is 0 Å². The number of carbonyl (C=O) groups is 1. The van der Waals surface area contributed by atoms with Gasteiger partial charge in [0, 0.05) is 18.5 Å². The van der Waals surface area contributed by atoms with Gasteiger partial charge in [-0.05, 0) is 45.1 Å². The van der Waals surface area contributed by atoms with Crippen molar-refractivity contribution in [1.29, 1.82) is 0 Å². The average molecular weight is 313 g/mol. The minimum absolute atomic E-state index is 0.0589. The fourth-order valence-corrected chi connectivity index (χ4v) is 2.39. The van der Waals surface area contributed by atoms with Gasteiger partial charge < -0.3 is 14.9 Å². The Labute approximate surface area is 126 Å². The molecule has 0 saturated carbocycles. The van der Waals surface area contributed by atoms with Crippen molar-refractivity contribution in [3.63, 3.8) is 0 Å². The number of aryl methyl sites for hydroxylation is 1. The molecular weight excluding hydrogens is 296 g/mol. The van der Waals surface area contributed by atoms with Gasteiger partial charge in [-0.1, -0.05) is 0 Å². The molecular formula is C14H17F2N3OS. The van der Waals surface area contributed by atoms with Gasteiger partial charge in [0.1, 0.15) is 5.52 Å². The van der Waals surface area contributed by atoms with Crippen LogP contribution in [0.25, 0.3) is 11.0 Å². The van der Waals surface area contributed by atoms with Crippen LogP contribution in [0.1, 0.15) is 27.2 Å². The highest BCUT2D eigenvalue weighted by Crippen LogP contribution is 2.20. The maximum absolute atomic E-state index is 13.9. The monoisotopic (exact) mass is 313 g/mol. The maximum Gasteiger partial charge on any atom is 0.222 e.